The van der Waals surface area contributed by atoms with Crippen molar-refractivity contribution in [2.24, 2.45) is 0 Å². The van der Waals surface area contributed by atoms with Crippen molar-refractivity contribution in [3.05, 3.63) is 426 Å². The molecule has 0 radical (unpaired) electrons. The molecule has 3 saturated heterocycles. The predicted octanol–water partition coefficient (Wildman–Crippen LogP) is 31.7. The number of rotatable bonds is 9. The lowest BCUT2D eigenvalue weighted by atomic mass is 9.49. The summed E-state index contributed by atoms with van der Waals surface area (Å²) in [7, 11) is -1.32. The number of halogens is 4. The first-order chi connectivity index (χ1) is 62.5. The fourth-order valence-corrected chi connectivity index (χ4v) is 20.0. The van der Waals surface area contributed by atoms with E-state index in [1.165, 1.54) is 164 Å². The van der Waals surface area contributed by atoms with Gasteiger partial charge in [-0.2, -0.15) is 0 Å². The van der Waals surface area contributed by atoms with Crippen LogP contribution >= 0.6 is 70.4 Å². The third-order valence-electron chi connectivity index (χ3n) is 27.6. The second-order valence-electron chi connectivity index (χ2n) is 37.4. The Balaban J connectivity index is 0.000000112. The molecule has 0 bridgehead atoms. The van der Waals surface area contributed by atoms with Gasteiger partial charge in [0.15, 0.2) is 0 Å². The van der Waals surface area contributed by atoms with Crippen LogP contribution in [-0.4, -0.2) is 59.3 Å². The van der Waals surface area contributed by atoms with E-state index in [1.54, 1.807) is 0 Å². The molecular weight excluding hydrogens is 1900 g/mol. The number of benzene rings is 17. The molecule has 23 rings (SSSR count). The van der Waals surface area contributed by atoms with Crippen LogP contribution in [0.15, 0.2) is 390 Å². The lowest BCUT2D eigenvalue weighted by molar-refractivity contribution is 0.00578. The van der Waals surface area contributed by atoms with Crippen LogP contribution in [0.25, 0.3) is 127 Å². The molecule has 0 spiro atoms. The fraction of sp³-hybridized carbons (Fsp3) is 0.172. The van der Waals surface area contributed by atoms with E-state index in [1.807, 2.05) is 67.5 Å². The summed E-state index contributed by atoms with van der Waals surface area (Å²) in [4.78, 5) is 0. The van der Waals surface area contributed by atoms with E-state index in [-0.39, 0.29) is 52.6 Å². The van der Waals surface area contributed by atoms with E-state index in [0.717, 1.165) is 18.9 Å². The minimum Gasteiger partial charge on any atom is -0.405 e. The number of hydrogen-bond acceptors (Lipinski definition) is 6. The molecule has 5 aliphatic rings. The zero-order valence-electron chi connectivity index (χ0n) is 75.1. The monoisotopic (exact) mass is 2000 g/mol. The van der Waals surface area contributed by atoms with E-state index < -0.39 is 14.0 Å². The highest BCUT2D eigenvalue weighted by molar-refractivity contribution is 14.1. The minimum atomic E-state index is -0.476. The summed E-state index contributed by atoms with van der Waals surface area (Å²) in [5, 5.41) is 10.4. The van der Waals surface area contributed by atoms with Crippen LogP contribution in [0.4, 0.5) is 0 Å². The highest BCUT2D eigenvalue weighted by atomic mass is 127. The lowest BCUT2D eigenvalue weighted by Crippen LogP contribution is -2.41. The molecule has 2 atom stereocenters. The van der Waals surface area contributed by atoms with Crippen molar-refractivity contribution < 1.29 is 27.9 Å². The summed E-state index contributed by atoms with van der Waals surface area (Å²) in [5.41, 5.74) is 25.9. The van der Waals surface area contributed by atoms with Gasteiger partial charge in [-0.3, -0.25) is 0 Å². The van der Waals surface area contributed by atoms with Crippen LogP contribution in [-0.2, 0) is 27.9 Å². The van der Waals surface area contributed by atoms with Gasteiger partial charge in [-0.1, -0.05) is 333 Å². The van der Waals surface area contributed by atoms with E-state index in [2.05, 4.69) is 467 Å². The maximum Gasteiger partial charge on any atom is 0.494 e. The van der Waals surface area contributed by atoms with Crippen LogP contribution in [0.2, 0.25) is 0 Å². The Kier molecular flexibility index (Phi) is 24.5. The van der Waals surface area contributed by atoms with Crippen molar-refractivity contribution in [3.8, 4) is 72.4 Å². The second kappa shape index (κ2) is 35.9. The van der Waals surface area contributed by atoms with Crippen LogP contribution in [0, 0.1) is 3.57 Å². The average Bonchev–Trinajstić information content (AvgIpc) is 1.57. The molecule has 7 nitrogen and oxygen atoms in total. The van der Waals surface area contributed by atoms with E-state index in [0.29, 0.717) is 0 Å². The van der Waals surface area contributed by atoms with E-state index in [4.69, 9.17) is 27.9 Å². The highest BCUT2D eigenvalue weighted by Crippen LogP contribution is 2.55. The van der Waals surface area contributed by atoms with Gasteiger partial charge in [0, 0.05) is 45.3 Å². The Labute approximate surface area is 803 Å². The van der Waals surface area contributed by atoms with Crippen molar-refractivity contribution in [1.29, 1.82) is 0 Å². The molecule has 3 aliphatic heterocycles. The summed E-state index contributed by atoms with van der Waals surface area (Å²) < 4.78 is 43.5. The number of para-hydroxylation sites is 1. The van der Waals surface area contributed by atoms with Gasteiger partial charge < -0.3 is 32.5 Å². The summed E-state index contributed by atoms with van der Waals surface area (Å²) in [6.45, 7) is 24.6. The summed E-state index contributed by atoms with van der Waals surface area (Å²) >= 11 is 12.8. The van der Waals surface area contributed by atoms with Crippen molar-refractivity contribution in [3.63, 3.8) is 0 Å². The Hall–Kier alpha value is -10.6. The maximum absolute atomic E-state index is 6.35. The van der Waals surface area contributed by atoms with Crippen molar-refractivity contribution in [2.45, 2.75) is 129 Å². The zero-order chi connectivity index (χ0) is 90.2. The van der Waals surface area contributed by atoms with Crippen LogP contribution in [0.3, 0.4) is 0 Å². The molecule has 2 unspecified atom stereocenters. The van der Waals surface area contributed by atoms with Gasteiger partial charge in [-0.15, -0.1) is 0 Å². The average molecular weight is 2000 g/mol. The van der Waals surface area contributed by atoms with Crippen LogP contribution < -0.4 is 5.46 Å². The van der Waals surface area contributed by atoms with Gasteiger partial charge >= 0.3 is 21.1 Å². The first-order valence-corrected chi connectivity index (χ1v) is 48.1. The molecule has 14 heteroatoms. The van der Waals surface area contributed by atoms with Gasteiger partial charge in [-0.25, -0.2) is 0 Å². The predicted molar refractivity (Wildman–Crippen MR) is 564 cm³/mol. The van der Waals surface area contributed by atoms with Crippen molar-refractivity contribution >= 4 is 151 Å². The molecule has 0 N–H and O–H groups in total. The van der Waals surface area contributed by atoms with Crippen LogP contribution in [0.1, 0.15) is 128 Å². The van der Waals surface area contributed by atoms with E-state index in [9.17, 15) is 0 Å². The lowest BCUT2D eigenvalue weighted by Gasteiger charge is -2.32. The molecule has 1 aromatic heterocycles. The number of aromatic nitrogens is 1. The van der Waals surface area contributed by atoms with Gasteiger partial charge in [-0.05, 0) is 335 Å². The number of nitrogens with zero attached hydrogens (tertiary/aromatic N) is 1. The molecule has 130 heavy (non-hydrogen) atoms. The zero-order valence-corrected chi connectivity index (χ0v) is 82.0. The van der Waals surface area contributed by atoms with E-state index >= 15 is 0 Å². The summed E-state index contributed by atoms with van der Waals surface area (Å²) in [5.74, 6) is 0.437. The Morgan fingerprint density at radius 3 is 1.14 bits per heavy atom. The first-order valence-electron chi connectivity index (χ1n) is 44.7. The first kappa shape index (κ1) is 88.7. The molecule has 2 aliphatic carbocycles. The molecule has 3 fully saturated rings. The summed E-state index contributed by atoms with van der Waals surface area (Å²) in [6.07, 6.45) is 0. The Morgan fingerprint density at radius 1 is 0.269 bits per heavy atom. The SMILES string of the molecule is Brc1ccc(-c2cccc(-c3ccc4c(c3)C(c3ccccc3)c3ccc5ccccc5c3-4)c2)cc1.Brc1ccc(I)cc1.Brc1cccc(-c2ccc3c4c5ccccc5ccc4n(-c4ccccc4)c3c2)c1.CC1(C)OB(B2OC(C)(C)C(C)(C)O2)OC1(C)C.CC1(C)OB(c2cccc(-c3ccc4c(c3)C(c3ccccc3)c3ccc5ccccc5c3-4)c2)OC1(C)C. The number of hydrogen-bond donors (Lipinski definition) is 0. The minimum absolute atomic E-state index is 0.206. The Morgan fingerprint density at radius 2 is 0.646 bits per heavy atom. The standard InChI is InChI=1S/C35H31BO2.C35H23Br.C28H18BrN.C12H24B2O4.C6H4BrI/c1-34(2)35(3,4)38-36(37-34)27-15-10-14-25(21-27)26-18-19-29-31(22-26)32(24-12-6-5-7-13-24)30-20-17-23-11-8-9-16-28(23)33(29)30;36-29-17-13-23(14-18-29)26-10-6-11-27(21-26)28-16-19-31-33(22-28)34(25-8-2-1-3-9-25)32-20-15-24-7-4-5-12-30(24)35(31)32;29-22-9-6-8-20(17-22)21-13-15-25-27(18-21)30(23-10-2-1-3-11-23)26-16-14-19-7-4-5-12-24(19)28(25)26;1-9(2)10(3,4)16-13(15-9)14-17-11(5,6)12(7,8)18-14;7-5-1-3-6(8)4-2-5/h5-22,32H,1-4H3;1-22,34H;1-18H;1-8H3;1-4H. The molecular formula is C116H100B3Br3INO6. The van der Waals surface area contributed by atoms with Crippen molar-refractivity contribution in [2.75, 3.05) is 0 Å². The largest absolute Gasteiger partial charge is 0.494 e. The smallest absolute Gasteiger partial charge is 0.405 e. The second-order valence-corrected chi connectivity index (χ2v) is 41.4. The van der Waals surface area contributed by atoms with Crippen molar-refractivity contribution in [1.82, 2.24) is 4.57 Å². The third-order valence-corrected chi connectivity index (χ3v) is 29.9. The molecule has 18 aromatic rings. The maximum atomic E-state index is 6.35. The van der Waals surface area contributed by atoms with Crippen LogP contribution in [0.5, 0.6) is 0 Å². The number of fused-ring (bicyclic) bond motifs is 15. The Bertz CT molecular complexity index is 7190. The molecule has 0 saturated carbocycles. The summed E-state index contributed by atoms with van der Waals surface area (Å²) in [6, 6.07) is 136. The third kappa shape index (κ3) is 17.3. The topological polar surface area (TPSA) is 60.3 Å². The fourth-order valence-electron chi connectivity index (χ4n) is 18.7. The highest BCUT2D eigenvalue weighted by Gasteiger charge is 2.64. The normalized spacial score (nSPS) is 17.1. The molecule has 642 valence electrons. The molecule has 0 amide bonds. The van der Waals surface area contributed by atoms with Gasteiger partial charge in [0.25, 0.3) is 0 Å². The molecule has 4 heterocycles. The quantitative estimate of drug-likeness (QED) is 0.106. The van der Waals surface area contributed by atoms with Gasteiger partial charge in [0.1, 0.15) is 0 Å². The van der Waals surface area contributed by atoms with Gasteiger partial charge in [0.2, 0.25) is 0 Å². The van der Waals surface area contributed by atoms with Gasteiger partial charge in [0.05, 0.1) is 44.6 Å². The molecule has 17 aromatic carbocycles.